The van der Waals surface area contributed by atoms with Crippen LogP contribution < -0.4 is 10.6 Å². The van der Waals surface area contributed by atoms with Gasteiger partial charge in [-0.15, -0.1) is 0 Å². The zero-order chi connectivity index (χ0) is 12.1. The Balaban J connectivity index is 1.60. The molecule has 1 spiro atoms. The summed E-state index contributed by atoms with van der Waals surface area (Å²) in [6.45, 7) is 3.25. The molecular weight excluding hydrogens is 212 g/mol. The predicted molar refractivity (Wildman–Crippen MR) is 69.8 cm³/mol. The molecule has 0 aromatic carbocycles. The molecule has 1 amide bonds. The Morgan fingerprint density at radius 2 is 1.76 bits per heavy atom. The van der Waals surface area contributed by atoms with E-state index in [9.17, 15) is 4.79 Å². The van der Waals surface area contributed by atoms with Crippen LogP contribution in [0.2, 0.25) is 0 Å². The fourth-order valence-corrected chi connectivity index (χ4v) is 3.57. The van der Waals surface area contributed by atoms with Crippen molar-refractivity contribution in [1.82, 2.24) is 10.6 Å². The SMILES string of the molecule is CC(=O)NCCNC1CCC2(CCCC2)CC1. The molecule has 0 saturated heterocycles. The summed E-state index contributed by atoms with van der Waals surface area (Å²) in [5.74, 6) is 0.0698. The average molecular weight is 238 g/mol. The van der Waals surface area contributed by atoms with Crippen LogP contribution in [0.3, 0.4) is 0 Å². The van der Waals surface area contributed by atoms with Gasteiger partial charge in [0.15, 0.2) is 0 Å². The summed E-state index contributed by atoms with van der Waals surface area (Å²) in [5, 5.41) is 6.40. The molecular formula is C14H26N2O. The Labute approximate surface area is 105 Å². The van der Waals surface area contributed by atoms with Crippen LogP contribution in [-0.2, 0) is 4.79 Å². The molecule has 17 heavy (non-hydrogen) atoms. The molecule has 2 N–H and O–H groups in total. The monoisotopic (exact) mass is 238 g/mol. The van der Waals surface area contributed by atoms with Crippen molar-refractivity contribution >= 4 is 5.91 Å². The molecule has 3 nitrogen and oxygen atoms in total. The van der Waals surface area contributed by atoms with Crippen LogP contribution in [-0.4, -0.2) is 25.0 Å². The molecule has 0 heterocycles. The lowest BCUT2D eigenvalue weighted by Gasteiger charge is -2.37. The molecule has 0 radical (unpaired) electrons. The second-order valence-corrected chi connectivity index (χ2v) is 5.92. The van der Waals surface area contributed by atoms with E-state index in [1.807, 2.05) is 0 Å². The summed E-state index contributed by atoms with van der Waals surface area (Å²) in [5.41, 5.74) is 0.732. The van der Waals surface area contributed by atoms with Gasteiger partial charge in [-0.1, -0.05) is 12.8 Å². The second kappa shape index (κ2) is 5.85. The molecule has 3 heteroatoms. The maximum Gasteiger partial charge on any atom is 0.216 e. The van der Waals surface area contributed by atoms with E-state index in [-0.39, 0.29) is 5.91 Å². The van der Waals surface area contributed by atoms with E-state index < -0.39 is 0 Å². The third-order valence-electron chi connectivity index (χ3n) is 4.64. The highest BCUT2D eigenvalue weighted by atomic mass is 16.1. The first-order chi connectivity index (χ1) is 8.20. The van der Waals surface area contributed by atoms with Gasteiger partial charge in [0.2, 0.25) is 5.91 Å². The highest BCUT2D eigenvalue weighted by molar-refractivity contribution is 5.72. The minimum Gasteiger partial charge on any atom is -0.355 e. The van der Waals surface area contributed by atoms with E-state index in [1.165, 1.54) is 51.4 Å². The maximum atomic E-state index is 10.7. The average Bonchev–Trinajstić information content (AvgIpc) is 2.75. The van der Waals surface area contributed by atoms with E-state index >= 15 is 0 Å². The number of carbonyl (C=O) groups excluding carboxylic acids is 1. The third-order valence-corrected chi connectivity index (χ3v) is 4.64. The van der Waals surface area contributed by atoms with Crippen molar-refractivity contribution in [2.75, 3.05) is 13.1 Å². The Kier molecular flexibility index (Phi) is 4.43. The smallest absolute Gasteiger partial charge is 0.216 e. The Hall–Kier alpha value is -0.570. The minimum atomic E-state index is 0.0698. The van der Waals surface area contributed by atoms with Gasteiger partial charge in [-0.2, -0.15) is 0 Å². The molecule has 0 atom stereocenters. The molecule has 2 aliphatic rings. The molecule has 0 aromatic rings. The number of carbonyl (C=O) groups is 1. The molecule has 2 rings (SSSR count). The van der Waals surface area contributed by atoms with Crippen LogP contribution in [0.15, 0.2) is 0 Å². The summed E-state index contributed by atoms with van der Waals surface area (Å²) >= 11 is 0. The van der Waals surface area contributed by atoms with Gasteiger partial charge in [0, 0.05) is 26.1 Å². The van der Waals surface area contributed by atoms with Crippen molar-refractivity contribution in [2.24, 2.45) is 5.41 Å². The molecule has 2 saturated carbocycles. The summed E-state index contributed by atoms with van der Waals surface area (Å²) in [7, 11) is 0. The van der Waals surface area contributed by atoms with Gasteiger partial charge in [0.25, 0.3) is 0 Å². The fourth-order valence-electron chi connectivity index (χ4n) is 3.57. The van der Waals surface area contributed by atoms with Crippen LogP contribution in [0.1, 0.15) is 58.3 Å². The minimum absolute atomic E-state index is 0.0698. The number of amides is 1. The highest BCUT2D eigenvalue weighted by Gasteiger charge is 2.37. The van der Waals surface area contributed by atoms with E-state index in [1.54, 1.807) is 6.92 Å². The first-order valence-corrected chi connectivity index (χ1v) is 7.18. The van der Waals surface area contributed by atoms with Crippen LogP contribution in [0.4, 0.5) is 0 Å². The molecule has 2 aliphatic carbocycles. The summed E-state index contributed by atoms with van der Waals surface area (Å²) in [6.07, 6.45) is 11.4. The van der Waals surface area contributed by atoms with Gasteiger partial charge in [-0.05, 0) is 43.9 Å². The number of nitrogens with one attached hydrogen (secondary N) is 2. The Morgan fingerprint density at radius 3 is 2.35 bits per heavy atom. The lowest BCUT2D eigenvalue weighted by molar-refractivity contribution is -0.118. The summed E-state index contributed by atoms with van der Waals surface area (Å²) in [6, 6.07) is 0.690. The van der Waals surface area contributed by atoms with Crippen molar-refractivity contribution in [2.45, 2.75) is 64.3 Å². The van der Waals surface area contributed by atoms with Crippen molar-refractivity contribution in [3.8, 4) is 0 Å². The molecule has 0 aliphatic heterocycles. The van der Waals surface area contributed by atoms with Crippen LogP contribution >= 0.6 is 0 Å². The highest BCUT2D eigenvalue weighted by Crippen LogP contribution is 2.48. The third kappa shape index (κ3) is 3.70. The van der Waals surface area contributed by atoms with Crippen molar-refractivity contribution < 1.29 is 4.79 Å². The van der Waals surface area contributed by atoms with Gasteiger partial charge in [0.05, 0.1) is 0 Å². The van der Waals surface area contributed by atoms with E-state index in [0.717, 1.165) is 18.5 Å². The Morgan fingerprint density at radius 1 is 1.12 bits per heavy atom. The summed E-state index contributed by atoms with van der Waals surface area (Å²) < 4.78 is 0. The van der Waals surface area contributed by atoms with Crippen LogP contribution in [0, 0.1) is 5.41 Å². The van der Waals surface area contributed by atoms with Gasteiger partial charge in [0.1, 0.15) is 0 Å². The van der Waals surface area contributed by atoms with Gasteiger partial charge >= 0.3 is 0 Å². The van der Waals surface area contributed by atoms with Crippen molar-refractivity contribution in [3.63, 3.8) is 0 Å². The van der Waals surface area contributed by atoms with Gasteiger partial charge in [-0.3, -0.25) is 4.79 Å². The largest absolute Gasteiger partial charge is 0.355 e. The van der Waals surface area contributed by atoms with Crippen molar-refractivity contribution in [1.29, 1.82) is 0 Å². The lowest BCUT2D eigenvalue weighted by atomic mass is 9.71. The molecule has 0 bridgehead atoms. The molecule has 98 valence electrons. The Bertz CT molecular complexity index is 249. The number of hydrogen-bond acceptors (Lipinski definition) is 2. The van der Waals surface area contributed by atoms with Crippen LogP contribution in [0.5, 0.6) is 0 Å². The van der Waals surface area contributed by atoms with Crippen molar-refractivity contribution in [3.05, 3.63) is 0 Å². The number of rotatable bonds is 4. The predicted octanol–water partition coefficient (Wildman–Crippen LogP) is 2.22. The van der Waals surface area contributed by atoms with Crippen LogP contribution in [0.25, 0.3) is 0 Å². The first kappa shape index (κ1) is 12.9. The van der Waals surface area contributed by atoms with E-state index in [4.69, 9.17) is 0 Å². The molecule has 0 aromatic heterocycles. The van der Waals surface area contributed by atoms with E-state index in [2.05, 4.69) is 10.6 Å². The van der Waals surface area contributed by atoms with E-state index in [0.29, 0.717) is 6.04 Å². The first-order valence-electron chi connectivity index (χ1n) is 7.18. The standard InChI is InChI=1S/C14H26N2O/c1-12(17)15-10-11-16-13-4-8-14(9-5-13)6-2-3-7-14/h13,16H,2-11H2,1H3,(H,15,17). The zero-order valence-corrected chi connectivity index (χ0v) is 11.1. The quantitative estimate of drug-likeness (QED) is 0.737. The zero-order valence-electron chi connectivity index (χ0n) is 11.1. The second-order valence-electron chi connectivity index (χ2n) is 5.92. The fraction of sp³-hybridized carbons (Fsp3) is 0.929. The topological polar surface area (TPSA) is 41.1 Å². The maximum absolute atomic E-state index is 10.7. The normalized spacial score (nSPS) is 24.1. The molecule has 0 unspecified atom stereocenters. The summed E-state index contributed by atoms with van der Waals surface area (Å²) in [4.78, 5) is 10.7. The van der Waals surface area contributed by atoms with Gasteiger partial charge < -0.3 is 10.6 Å². The lowest BCUT2D eigenvalue weighted by Crippen LogP contribution is -2.40. The van der Waals surface area contributed by atoms with Gasteiger partial charge in [-0.25, -0.2) is 0 Å². The molecule has 2 fully saturated rings. The number of hydrogen-bond donors (Lipinski definition) is 2.